The van der Waals surface area contributed by atoms with E-state index in [4.69, 9.17) is 16.0 Å². The molecule has 1 fully saturated rings. The molecule has 1 aliphatic rings. The molecule has 8 heteroatoms. The van der Waals surface area contributed by atoms with Crippen LogP contribution in [0.25, 0.3) is 0 Å². The Labute approximate surface area is 189 Å². The highest BCUT2D eigenvalue weighted by molar-refractivity contribution is 14.0. The van der Waals surface area contributed by atoms with Gasteiger partial charge in [0.2, 0.25) is 5.89 Å². The van der Waals surface area contributed by atoms with Gasteiger partial charge in [0.15, 0.2) is 5.96 Å². The van der Waals surface area contributed by atoms with Gasteiger partial charge in [-0.15, -0.1) is 24.0 Å². The summed E-state index contributed by atoms with van der Waals surface area (Å²) in [6, 6.07) is 6.09. The Morgan fingerprint density at radius 2 is 2.11 bits per heavy atom. The number of hydrogen-bond donors (Lipinski definition) is 2. The molecule has 2 heterocycles. The van der Waals surface area contributed by atoms with E-state index in [1.54, 1.807) is 7.05 Å². The molecule has 0 amide bonds. The maximum atomic E-state index is 6.17. The Balaban J connectivity index is 0.00000280. The third kappa shape index (κ3) is 5.76. The highest BCUT2D eigenvalue weighted by Gasteiger charge is 2.24. The van der Waals surface area contributed by atoms with Gasteiger partial charge in [0.25, 0.3) is 0 Å². The molecule has 1 saturated heterocycles. The van der Waals surface area contributed by atoms with Crippen molar-refractivity contribution >= 4 is 47.2 Å². The number of aliphatic imine (C=N–C) groups is 1. The number of aromatic nitrogens is 1. The minimum absolute atomic E-state index is 0. The minimum Gasteiger partial charge on any atom is -0.444 e. The summed E-state index contributed by atoms with van der Waals surface area (Å²) in [5.74, 6) is 2.86. The molecule has 0 aliphatic carbocycles. The number of aryl methyl sites for hydroxylation is 3. The van der Waals surface area contributed by atoms with Crippen LogP contribution in [0.5, 0.6) is 0 Å². The molecule has 6 nitrogen and oxygen atoms in total. The molecule has 154 valence electrons. The van der Waals surface area contributed by atoms with Crippen molar-refractivity contribution in [2.75, 3.05) is 31.6 Å². The number of hydrogen-bond acceptors (Lipinski definition) is 4. The SMILES string of the molecule is CN=C(NCc1nc(C)c(C)o1)NCC1CCN(c2cc(Cl)ccc2C)C1.I. The Morgan fingerprint density at radius 1 is 1.32 bits per heavy atom. The van der Waals surface area contributed by atoms with Crippen LogP contribution < -0.4 is 15.5 Å². The van der Waals surface area contributed by atoms with E-state index in [1.165, 1.54) is 11.3 Å². The van der Waals surface area contributed by atoms with Gasteiger partial charge in [-0.1, -0.05) is 17.7 Å². The average molecular weight is 518 g/mol. The first-order valence-corrected chi connectivity index (χ1v) is 9.72. The Bertz CT molecular complexity index is 803. The first kappa shape index (κ1) is 22.8. The monoisotopic (exact) mass is 517 g/mol. The van der Waals surface area contributed by atoms with E-state index in [1.807, 2.05) is 19.9 Å². The summed E-state index contributed by atoms with van der Waals surface area (Å²) in [6.07, 6.45) is 1.15. The van der Waals surface area contributed by atoms with Crippen molar-refractivity contribution in [3.63, 3.8) is 0 Å². The molecule has 0 radical (unpaired) electrons. The summed E-state index contributed by atoms with van der Waals surface area (Å²) in [6.45, 7) is 9.47. The van der Waals surface area contributed by atoms with Crippen LogP contribution in [0, 0.1) is 26.7 Å². The van der Waals surface area contributed by atoms with Crippen molar-refractivity contribution in [1.82, 2.24) is 15.6 Å². The Morgan fingerprint density at radius 3 is 2.79 bits per heavy atom. The van der Waals surface area contributed by atoms with Crippen LogP contribution >= 0.6 is 35.6 Å². The highest BCUT2D eigenvalue weighted by atomic mass is 127. The lowest BCUT2D eigenvalue weighted by Gasteiger charge is -2.21. The number of guanidine groups is 1. The molecule has 2 aromatic rings. The minimum atomic E-state index is 0. The summed E-state index contributed by atoms with van der Waals surface area (Å²) < 4.78 is 5.60. The summed E-state index contributed by atoms with van der Waals surface area (Å²) in [5, 5.41) is 7.47. The van der Waals surface area contributed by atoms with Crippen molar-refractivity contribution in [3.05, 3.63) is 46.1 Å². The standard InChI is InChI=1S/C20H28ClN5O.HI/c1-13-5-6-17(21)9-18(13)26-8-7-16(12-26)10-23-20(22-4)24-11-19-25-14(2)15(3)27-19;/h5-6,9,16H,7-8,10-12H2,1-4H3,(H2,22,23,24);1H. The van der Waals surface area contributed by atoms with Crippen molar-refractivity contribution in [1.29, 1.82) is 0 Å². The van der Waals surface area contributed by atoms with Gasteiger partial charge in [0, 0.05) is 37.4 Å². The quantitative estimate of drug-likeness (QED) is 0.356. The van der Waals surface area contributed by atoms with Crippen LogP contribution in [0.1, 0.15) is 29.3 Å². The maximum absolute atomic E-state index is 6.17. The van der Waals surface area contributed by atoms with Crippen LogP contribution in [0.4, 0.5) is 5.69 Å². The zero-order chi connectivity index (χ0) is 19.4. The third-order valence-electron chi connectivity index (χ3n) is 5.06. The Kier molecular flexibility index (Phi) is 8.42. The van der Waals surface area contributed by atoms with E-state index in [-0.39, 0.29) is 24.0 Å². The van der Waals surface area contributed by atoms with Gasteiger partial charge < -0.3 is 20.0 Å². The predicted molar refractivity (Wildman–Crippen MR) is 126 cm³/mol. The van der Waals surface area contributed by atoms with Crippen molar-refractivity contribution in [2.45, 2.75) is 33.7 Å². The number of halogens is 2. The second kappa shape index (κ2) is 10.3. The van der Waals surface area contributed by atoms with Crippen LogP contribution in [-0.4, -0.2) is 37.6 Å². The first-order chi connectivity index (χ1) is 13.0. The van der Waals surface area contributed by atoms with E-state index >= 15 is 0 Å². The molecular formula is C20H29ClIN5O. The molecule has 1 unspecified atom stereocenters. The average Bonchev–Trinajstić information content (AvgIpc) is 3.24. The van der Waals surface area contributed by atoms with Crippen LogP contribution in [0.3, 0.4) is 0 Å². The molecule has 1 aromatic heterocycles. The topological polar surface area (TPSA) is 65.7 Å². The molecule has 28 heavy (non-hydrogen) atoms. The van der Waals surface area contributed by atoms with E-state index in [2.05, 4.69) is 44.6 Å². The van der Waals surface area contributed by atoms with Crippen LogP contribution in [0.15, 0.2) is 27.6 Å². The molecule has 1 aromatic carbocycles. The number of benzene rings is 1. The summed E-state index contributed by atoms with van der Waals surface area (Å²) in [5.41, 5.74) is 3.43. The van der Waals surface area contributed by atoms with E-state index in [0.717, 1.165) is 48.5 Å². The molecule has 0 saturated carbocycles. The molecule has 3 rings (SSSR count). The summed E-state index contributed by atoms with van der Waals surface area (Å²) in [4.78, 5) is 11.1. The van der Waals surface area contributed by atoms with Crippen LogP contribution in [0.2, 0.25) is 5.02 Å². The molecule has 1 aliphatic heterocycles. The van der Waals surface area contributed by atoms with Gasteiger partial charge in [0.05, 0.1) is 12.2 Å². The molecule has 1 atom stereocenters. The second-order valence-electron chi connectivity index (χ2n) is 7.09. The summed E-state index contributed by atoms with van der Waals surface area (Å²) in [7, 11) is 1.78. The largest absolute Gasteiger partial charge is 0.444 e. The zero-order valence-electron chi connectivity index (χ0n) is 16.9. The van der Waals surface area contributed by atoms with Gasteiger partial charge >= 0.3 is 0 Å². The predicted octanol–water partition coefficient (Wildman–Crippen LogP) is 4.06. The summed E-state index contributed by atoms with van der Waals surface area (Å²) >= 11 is 6.17. The van der Waals surface area contributed by atoms with Crippen LogP contribution in [-0.2, 0) is 6.54 Å². The second-order valence-corrected chi connectivity index (χ2v) is 7.52. The lowest BCUT2D eigenvalue weighted by molar-refractivity contribution is 0.463. The van der Waals surface area contributed by atoms with Crippen molar-refractivity contribution in [3.8, 4) is 0 Å². The zero-order valence-corrected chi connectivity index (χ0v) is 20.0. The number of rotatable bonds is 5. The molecule has 0 spiro atoms. The number of oxazole rings is 1. The van der Waals surface area contributed by atoms with Crippen molar-refractivity contribution in [2.24, 2.45) is 10.9 Å². The van der Waals surface area contributed by atoms with Gasteiger partial charge in [-0.3, -0.25) is 4.99 Å². The first-order valence-electron chi connectivity index (χ1n) is 9.34. The number of anilines is 1. The third-order valence-corrected chi connectivity index (χ3v) is 5.29. The lowest BCUT2D eigenvalue weighted by Crippen LogP contribution is -2.40. The normalized spacial score (nSPS) is 16.8. The van der Waals surface area contributed by atoms with Gasteiger partial charge in [-0.2, -0.15) is 0 Å². The Hall–Kier alpha value is -1.48. The number of nitrogens with one attached hydrogen (secondary N) is 2. The van der Waals surface area contributed by atoms with E-state index in [9.17, 15) is 0 Å². The van der Waals surface area contributed by atoms with Gasteiger partial charge in [-0.25, -0.2) is 4.98 Å². The lowest BCUT2D eigenvalue weighted by atomic mass is 10.1. The number of nitrogens with zero attached hydrogens (tertiary/aromatic N) is 3. The fourth-order valence-electron chi connectivity index (χ4n) is 3.38. The molecule has 2 N–H and O–H groups in total. The molecule has 0 bridgehead atoms. The van der Waals surface area contributed by atoms with Gasteiger partial charge in [0.1, 0.15) is 5.76 Å². The molecular weight excluding hydrogens is 489 g/mol. The highest BCUT2D eigenvalue weighted by Crippen LogP contribution is 2.29. The maximum Gasteiger partial charge on any atom is 0.214 e. The smallest absolute Gasteiger partial charge is 0.214 e. The van der Waals surface area contributed by atoms with Gasteiger partial charge in [-0.05, 0) is 50.8 Å². The fourth-order valence-corrected chi connectivity index (χ4v) is 3.54. The van der Waals surface area contributed by atoms with Crippen molar-refractivity contribution < 1.29 is 4.42 Å². The van der Waals surface area contributed by atoms with E-state index in [0.29, 0.717) is 18.4 Å². The fraction of sp³-hybridized carbons (Fsp3) is 0.500. The van der Waals surface area contributed by atoms with E-state index < -0.39 is 0 Å².